The fraction of sp³-hybridized carbons (Fsp3) is 0.647. The number of ether oxygens (including phenoxy) is 1. The number of rotatable bonds is 5. The second kappa shape index (κ2) is 6.59. The van der Waals surface area contributed by atoms with Crippen LogP contribution in [0.25, 0.3) is 0 Å². The van der Waals surface area contributed by atoms with Gasteiger partial charge in [0.15, 0.2) is 0 Å². The van der Waals surface area contributed by atoms with E-state index in [4.69, 9.17) is 14.3 Å². The average molecular weight is 284 g/mol. The quantitative estimate of drug-likeness (QED) is 0.902. The molecule has 20 heavy (non-hydrogen) atoms. The minimum absolute atomic E-state index is 0.0475. The maximum absolute atomic E-state index is 11.3. The molecule has 2 rings (SSSR count). The minimum Gasteiger partial charge on any atom is -0.497 e. The van der Waals surface area contributed by atoms with Gasteiger partial charge in [0, 0.05) is 16.6 Å². The number of likely N-dealkylation sites (N-methyl/N-ethyl adjacent to an activating group) is 1. The summed E-state index contributed by atoms with van der Waals surface area (Å²) in [7, 11) is 2.69. The van der Waals surface area contributed by atoms with Crippen LogP contribution in [0, 0.1) is 0 Å². The monoisotopic (exact) mass is 284 g/mol. The Morgan fingerprint density at radius 2 is 2.00 bits per heavy atom. The van der Waals surface area contributed by atoms with E-state index in [-0.39, 0.29) is 42.0 Å². The van der Waals surface area contributed by atoms with Crippen LogP contribution in [0.1, 0.15) is 53.2 Å². The van der Waals surface area contributed by atoms with Crippen molar-refractivity contribution in [2.75, 3.05) is 27.7 Å². The molecule has 0 saturated heterocycles. The number of aliphatic hydroxyl groups is 1. The summed E-state index contributed by atoms with van der Waals surface area (Å²) < 4.78 is 60.8. The summed E-state index contributed by atoms with van der Waals surface area (Å²) in [6.07, 6.45) is 3.35. The second-order valence-corrected chi connectivity index (χ2v) is 5.54. The Kier molecular flexibility index (Phi) is 2.77. The molecule has 0 bridgehead atoms. The molecular formula is C17H27NO2. The van der Waals surface area contributed by atoms with Crippen molar-refractivity contribution in [1.29, 1.82) is 0 Å². The molecule has 1 atom stereocenters. The van der Waals surface area contributed by atoms with Gasteiger partial charge in [-0.15, -0.1) is 0 Å². The first-order valence-corrected chi connectivity index (χ1v) is 7.02. The van der Waals surface area contributed by atoms with Crippen LogP contribution in [0.15, 0.2) is 24.2 Å². The number of hydrogen-bond donors (Lipinski definition) is 1. The largest absolute Gasteiger partial charge is 0.497 e. The third-order valence-corrected chi connectivity index (χ3v) is 4.00. The zero-order chi connectivity index (χ0) is 20.6. The van der Waals surface area contributed by atoms with E-state index in [0.717, 1.165) is 24.2 Å². The fourth-order valence-electron chi connectivity index (χ4n) is 2.90. The van der Waals surface area contributed by atoms with E-state index in [1.165, 1.54) is 14.2 Å². The van der Waals surface area contributed by atoms with Crippen LogP contribution in [-0.2, 0) is 0 Å². The van der Waals surface area contributed by atoms with Crippen LogP contribution in [0.5, 0.6) is 5.75 Å². The average Bonchev–Trinajstić information content (AvgIpc) is 2.59. The number of methoxy groups -OCH3 is 1. The van der Waals surface area contributed by atoms with Crippen LogP contribution in [0.4, 0.5) is 0 Å². The molecule has 1 unspecified atom stereocenters. The van der Waals surface area contributed by atoms with Crippen molar-refractivity contribution in [2.24, 2.45) is 0 Å². The lowest BCUT2D eigenvalue weighted by molar-refractivity contribution is -0.0277. The van der Waals surface area contributed by atoms with E-state index in [2.05, 4.69) is 0 Å². The van der Waals surface area contributed by atoms with Gasteiger partial charge in [-0.1, -0.05) is 31.3 Å². The molecule has 1 saturated carbocycles. The van der Waals surface area contributed by atoms with Gasteiger partial charge in [0.2, 0.25) is 0 Å². The van der Waals surface area contributed by atoms with Gasteiger partial charge in [0.25, 0.3) is 0 Å². The normalized spacial score (nSPS) is 25.5. The molecule has 1 fully saturated rings. The van der Waals surface area contributed by atoms with Gasteiger partial charge in [-0.25, -0.2) is 0 Å². The van der Waals surface area contributed by atoms with Crippen LogP contribution in [0.3, 0.4) is 0 Å². The number of benzene rings is 1. The predicted octanol–water partition coefficient (Wildman–Crippen LogP) is 3.04. The Bertz CT molecular complexity index is 658. The van der Waals surface area contributed by atoms with Crippen molar-refractivity contribution >= 4 is 0 Å². The maximum Gasteiger partial charge on any atom is 0.118 e. The Morgan fingerprint density at radius 1 is 1.35 bits per heavy atom. The van der Waals surface area contributed by atoms with Gasteiger partial charge in [-0.3, -0.25) is 0 Å². The van der Waals surface area contributed by atoms with Crippen molar-refractivity contribution in [1.82, 2.24) is 4.90 Å². The molecule has 1 aromatic carbocycles. The SMILES string of the molecule is [2H]c1c([2H])c(C(CN(C)C([2H])([2H])[2H])C2(O)CCCCC2)c([2H])c([2H])c1OC. The lowest BCUT2D eigenvalue weighted by Crippen LogP contribution is -2.42. The molecule has 1 N–H and O–H groups in total. The third-order valence-electron chi connectivity index (χ3n) is 4.00. The molecule has 0 aliphatic heterocycles. The van der Waals surface area contributed by atoms with E-state index in [0.29, 0.717) is 12.8 Å². The molecular weight excluding hydrogens is 250 g/mol. The summed E-state index contributed by atoms with van der Waals surface area (Å²) in [4.78, 5) is 1.11. The van der Waals surface area contributed by atoms with Gasteiger partial charge >= 0.3 is 0 Å². The first kappa shape index (κ1) is 8.40. The van der Waals surface area contributed by atoms with Crippen LogP contribution in [0.2, 0.25) is 0 Å². The molecule has 1 aromatic rings. The maximum atomic E-state index is 11.3. The Balaban J connectivity index is 2.64. The lowest BCUT2D eigenvalue weighted by Gasteiger charge is -2.40. The molecule has 1 aliphatic rings. The predicted molar refractivity (Wildman–Crippen MR) is 82.3 cm³/mol. The van der Waals surface area contributed by atoms with Crippen LogP contribution >= 0.6 is 0 Å². The van der Waals surface area contributed by atoms with Crippen LogP contribution in [-0.4, -0.2) is 43.3 Å². The highest BCUT2D eigenvalue weighted by molar-refractivity contribution is 5.31. The molecule has 3 heteroatoms. The van der Waals surface area contributed by atoms with E-state index < -0.39 is 18.5 Å². The second-order valence-electron chi connectivity index (χ2n) is 5.54. The van der Waals surface area contributed by atoms with Gasteiger partial charge in [0.05, 0.1) is 18.2 Å². The standard InChI is InChI=1S/C17H27NO2/c1-18(2)13-16(17(19)11-5-4-6-12-17)14-7-9-15(20-3)10-8-14/h7-10,16,19H,4-6,11-13H2,1-3H3/i1D3,7D,8D,9D,10D. The smallest absolute Gasteiger partial charge is 0.118 e. The van der Waals surface area contributed by atoms with E-state index in [9.17, 15) is 5.11 Å². The fourth-order valence-corrected chi connectivity index (χ4v) is 2.90. The van der Waals surface area contributed by atoms with Crippen molar-refractivity contribution in [2.45, 2.75) is 43.6 Å². The van der Waals surface area contributed by atoms with Crippen molar-refractivity contribution < 1.29 is 19.4 Å². The minimum atomic E-state index is -2.40. The summed E-state index contributed by atoms with van der Waals surface area (Å²) in [5, 5.41) is 11.3. The van der Waals surface area contributed by atoms with E-state index in [1.54, 1.807) is 0 Å². The first-order chi connectivity index (χ1) is 12.4. The van der Waals surface area contributed by atoms with E-state index >= 15 is 0 Å². The molecule has 0 heterocycles. The number of nitrogens with zero attached hydrogens (tertiary/aromatic N) is 1. The summed E-state index contributed by atoms with van der Waals surface area (Å²) in [5.41, 5.74) is -1.23. The molecule has 0 amide bonds. The lowest BCUT2D eigenvalue weighted by atomic mass is 9.72. The van der Waals surface area contributed by atoms with Crippen molar-refractivity contribution in [3.63, 3.8) is 0 Å². The Labute approximate surface area is 132 Å². The van der Waals surface area contributed by atoms with Crippen molar-refractivity contribution in [3.8, 4) is 5.75 Å². The summed E-state index contributed by atoms with van der Waals surface area (Å²) in [5.74, 6) is -1.02. The topological polar surface area (TPSA) is 32.7 Å². The van der Waals surface area contributed by atoms with Gasteiger partial charge in [0.1, 0.15) is 5.75 Å². The van der Waals surface area contributed by atoms with Crippen molar-refractivity contribution in [3.05, 3.63) is 29.7 Å². The van der Waals surface area contributed by atoms with E-state index in [1.807, 2.05) is 0 Å². The molecule has 1 aliphatic carbocycles. The third kappa shape index (κ3) is 3.53. The zero-order valence-corrected chi connectivity index (χ0v) is 12.1. The zero-order valence-electron chi connectivity index (χ0n) is 19.1. The molecule has 0 aromatic heterocycles. The van der Waals surface area contributed by atoms with Gasteiger partial charge in [-0.2, -0.15) is 0 Å². The molecule has 112 valence electrons. The summed E-state index contributed by atoms with van der Waals surface area (Å²) in [6, 6.07) is -1.24. The first-order valence-electron chi connectivity index (χ1n) is 10.5. The highest BCUT2D eigenvalue weighted by atomic mass is 16.5. The summed E-state index contributed by atoms with van der Waals surface area (Å²) >= 11 is 0. The van der Waals surface area contributed by atoms with Gasteiger partial charge in [-0.05, 0) is 44.5 Å². The number of hydrogen-bond acceptors (Lipinski definition) is 3. The summed E-state index contributed by atoms with van der Waals surface area (Å²) in [6.45, 7) is -2.50. The molecule has 0 spiro atoms. The Hall–Kier alpha value is -1.06. The molecule has 3 nitrogen and oxygen atoms in total. The van der Waals surface area contributed by atoms with Gasteiger partial charge < -0.3 is 14.7 Å². The highest BCUT2D eigenvalue weighted by Crippen LogP contribution is 2.40. The molecule has 0 radical (unpaired) electrons. The van der Waals surface area contributed by atoms with Crippen LogP contribution < -0.4 is 4.74 Å². The highest BCUT2D eigenvalue weighted by Gasteiger charge is 2.38. The Morgan fingerprint density at radius 3 is 2.55 bits per heavy atom.